The molecule has 0 radical (unpaired) electrons. The highest BCUT2D eigenvalue weighted by Gasteiger charge is 2.32. The molecule has 2 atom stereocenters. The van der Waals surface area contributed by atoms with E-state index in [1.165, 1.54) is 0 Å². The molecule has 1 aromatic rings. The summed E-state index contributed by atoms with van der Waals surface area (Å²) in [6.45, 7) is 1.89. The zero-order chi connectivity index (χ0) is 15.5. The quantitative estimate of drug-likeness (QED) is 0.916. The second-order valence-corrected chi connectivity index (χ2v) is 6.05. The first kappa shape index (κ1) is 15.1. The number of aliphatic hydroxyl groups excluding tert-OH is 1. The molecule has 2 unspecified atom stereocenters. The number of aromatic nitrogens is 2. The Labute approximate surface area is 130 Å². The Morgan fingerprint density at radius 3 is 3.05 bits per heavy atom. The Kier molecular flexibility index (Phi) is 4.47. The van der Waals surface area contributed by atoms with E-state index in [4.69, 9.17) is 4.74 Å². The molecule has 0 aromatic carbocycles. The van der Waals surface area contributed by atoms with Crippen LogP contribution < -0.4 is 0 Å². The summed E-state index contributed by atoms with van der Waals surface area (Å²) in [5, 5.41) is 10.6. The fraction of sp³-hybridized carbons (Fsp3) is 0.625. The van der Waals surface area contributed by atoms with Crippen LogP contribution in [0.25, 0.3) is 0 Å². The number of piperidine rings is 1. The summed E-state index contributed by atoms with van der Waals surface area (Å²) < 4.78 is 7.30. The van der Waals surface area contributed by atoms with Crippen LogP contribution in [0.4, 0.5) is 0 Å². The highest BCUT2D eigenvalue weighted by molar-refractivity contribution is 5.91. The first-order valence-corrected chi connectivity index (χ1v) is 7.94. The van der Waals surface area contributed by atoms with Crippen LogP contribution in [-0.4, -0.2) is 45.2 Å². The lowest BCUT2D eigenvalue weighted by Gasteiger charge is -2.35. The molecule has 22 heavy (non-hydrogen) atoms. The van der Waals surface area contributed by atoms with Gasteiger partial charge in [0.1, 0.15) is 11.9 Å². The monoisotopic (exact) mass is 305 g/mol. The Morgan fingerprint density at radius 2 is 2.36 bits per heavy atom. The fourth-order valence-electron chi connectivity index (χ4n) is 3.19. The molecule has 6 heteroatoms. The molecule has 1 amide bonds. The number of carbonyl (C=O) groups excluding carboxylic acids is 1. The molecule has 2 aliphatic heterocycles. The minimum absolute atomic E-state index is 0.0167. The summed E-state index contributed by atoms with van der Waals surface area (Å²) in [6.07, 6.45) is 8.41. The molecule has 0 aliphatic carbocycles. The van der Waals surface area contributed by atoms with Gasteiger partial charge in [-0.2, -0.15) is 0 Å². The molecular weight excluding hydrogens is 282 g/mol. The first-order chi connectivity index (χ1) is 10.7. The van der Waals surface area contributed by atoms with Gasteiger partial charge in [0.15, 0.2) is 5.76 Å². The number of hydrogen-bond donors (Lipinski definition) is 1. The van der Waals surface area contributed by atoms with E-state index in [2.05, 4.69) is 4.98 Å². The first-order valence-electron chi connectivity index (χ1n) is 7.94. The van der Waals surface area contributed by atoms with Crippen LogP contribution in [0.5, 0.6) is 0 Å². The number of rotatable bonds is 3. The molecule has 0 spiro atoms. The van der Waals surface area contributed by atoms with E-state index in [9.17, 15) is 9.90 Å². The SMILES string of the molecule is Cn1ccnc1C(O)C1CCCN(C(=O)C2=CCCCO2)C1. The Balaban J connectivity index is 1.67. The van der Waals surface area contributed by atoms with Gasteiger partial charge in [0, 0.05) is 38.4 Å². The van der Waals surface area contributed by atoms with Crippen molar-refractivity contribution in [2.75, 3.05) is 19.7 Å². The number of amides is 1. The molecule has 120 valence electrons. The van der Waals surface area contributed by atoms with Crippen LogP contribution in [0, 0.1) is 5.92 Å². The van der Waals surface area contributed by atoms with Crippen LogP contribution in [0.2, 0.25) is 0 Å². The van der Waals surface area contributed by atoms with E-state index in [1.54, 1.807) is 11.1 Å². The van der Waals surface area contributed by atoms with Crippen molar-refractivity contribution < 1.29 is 14.6 Å². The number of likely N-dealkylation sites (tertiary alicyclic amines) is 1. The zero-order valence-electron chi connectivity index (χ0n) is 12.9. The minimum atomic E-state index is -0.642. The number of aliphatic hydroxyl groups is 1. The highest BCUT2D eigenvalue weighted by Crippen LogP contribution is 2.29. The van der Waals surface area contributed by atoms with Crippen molar-refractivity contribution >= 4 is 5.91 Å². The third-order valence-corrected chi connectivity index (χ3v) is 4.46. The maximum Gasteiger partial charge on any atom is 0.288 e. The lowest BCUT2D eigenvalue weighted by atomic mass is 9.91. The number of nitrogens with zero attached hydrogens (tertiary/aromatic N) is 3. The van der Waals surface area contributed by atoms with Crippen LogP contribution >= 0.6 is 0 Å². The number of aryl methyl sites for hydroxylation is 1. The molecule has 3 heterocycles. The molecule has 1 aromatic heterocycles. The molecule has 1 fully saturated rings. The van der Waals surface area contributed by atoms with Crippen molar-refractivity contribution in [3.63, 3.8) is 0 Å². The second-order valence-electron chi connectivity index (χ2n) is 6.05. The normalized spacial score (nSPS) is 23.6. The largest absolute Gasteiger partial charge is 0.488 e. The lowest BCUT2D eigenvalue weighted by molar-refractivity contribution is -0.134. The van der Waals surface area contributed by atoms with Crippen LogP contribution in [-0.2, 0) is 16.6 Å². The van der Waals surface area contributed by atoms with Gasteiger partial charge >= 0.3 is 0 Å². The maximum absolute atomic E-state index is 12.5. The van der Waals surface area contributed by atoms with Gasteiger partial charge in [-0.15, -0.1) is 0 Å². The molecule has 2 aliphatic rings. The molecular formula is C16H23N3O3. The summed E-state index contributed by atoms with van der Waals surface area (Å²) in [5.74, 6) is 1.10. The fourth-order valence-corrected chi connectivity index (χ4v) is 3.19. The molecule has 3 rings (SSSR count). The summed E-state index contributed by atoms with van der Waals surface area (Å²) in [4.78, 5) is 18.5. The van der Waals surface area contributed by atoms with Crippen LogP contribution in [0.15, 0.2) is 24.2 Å². The van der Waals surface area contributed by atoms with Gasteiger partial charge in [-0.25, -0.2) is 4.98 Å². The summed E-state index contributed by atoms with van der Waals surface area (Å²) in [6, 6.07) is 0. The van der Waals surface area contributed by atoms with Crippen molar-refractivity contribution in [1.29, 1.82) is 0 Å². The van der Waals surface area contributed by atoms with Crippen molar-refractivity contribution in [1.82, 2.24) is 14.5 Å². The van der Waals surface area contributed by atoms with Gasteiger partial charge < -0.3 is 19.3 Å². The average Bonchev–Trinajstić information content (AvgIpc) is 3.00. The van der Waals surface area contributed by atoms with Crippen molar-refractivity contribution in [3.05, 3.63) is 30.1 Å². The average molecular weight is 305 g/mol. The number of imidazole rings is 1. The standard InChI is InChI=1S/C16H23N3O3/c1-18-9-7-17-15(18)14(20)12-5-4-8-19(11-12)16(21)13-6-2-3-10-22-13/h6-7,9,12,14,20H,2-5,8,10-11H2,1H3. The van der Waals surface area contributed by atoms with E-state index in [1.807, 2.05) is 23.9 Å². The third kappa shape index (κ3) is 3.02. The van der Waals surface area contributed by atoms with Crippen molar-refractivity contribution in [2.24, 2.45) is 13.0 Å². The van der Waals surface area contributed by atoms with Gasteiger partial charge in [-0.1, -0.05) is 0 Å². The maximum atomic E-state index is 12.5. The van der Waals surface area contributed by atoms with Gasteiger partial charge in [0.05, 0.1) is 6.61 Å². The van der Waals surface area contributed by atoms with Crippen LogP contribution in [0.3, 0.4) is 0 Å². The van der Waals surface area contributed by atoms with E-state index in [0.29, 0.717) is 24.7 Å². The number of carbonyl (C=O) groups is 1. The molecule has 6 nitrogen and oxygen atoms in total. The molecule has 0 bridgehead atoms. The van der Waals surface area contributed by atoms with E-state index in [0.717, 1.165) is 32.2 Å². The highest BCUT2D eigenvalue weighted by atomic mass is 16.5. The number of ether oxygens (including phenoxy) is 1. The smallest absolute Gasteiger partial charge is 0.288 e. The van der Waals surface area contributed by atoms with Crippen molar-refractivity contribution in [2.45, 2.75) is 31.8 Å². The Bertz CT molecular complexity index is 567. The summed E-state index contributed by atoms with van der Waals surface area (Å²) in [5.41, 5.74) is 0. The second kappa shape index (κ2) is 6.52. The van der Waals surface area contributed by atoms with E-state index < -0.39 is 6.10 Å². The van der Waals surface area contributed by atoms with E-state index >= 15 is 0 Å². The third-order valence-electron chi connectivity index (χ3n) is 4.46. The molecule has 0 saturated carbocycles. The Morgan fingerprint density at radius 1 is 1.50 bits per heavy atom. The van der Waals surface area contributed by atoms with Gasteiger partial charge in [0.25, 0.3) is 5.91 Å². The lowest BCUT2D eigenvalue weighted by Crippen LogP contribution is -2.43. The minimum Gasteiger partial charge on any atom is -0.488 e. The number of hydrogen-bond acceptors (Lipinski definition) is 4. The predicted molar refractivity (Wildman–Crippen MR) is 80.7 cm³/mol. The van der Waals surface area contributed by atoms with Gasteiger partial charge in [0.2, 0.25) is 0 Å². The predicted octanol–water partition coefficient (Wildman–Crippen LogP) is 1.39. The van der Waals surface area contributed by atoms with Crippen molar-refractivity contribution in [3.8, 4) is 0 Å². The zero-order valence-corrected chi connectivity index (χ0v) is 12.9. The van der Waals surface area contributed by atoms with E-state index in [-0.39, 0.29) is 11.8 Å². The Hall–Kier alpha value is -1.82. The number of allylic oxidation sites excluding steroid dienone is 1. The molecule has 1 saturated heterocycles. The topological polar surface area (TPSA) is 67.6 Å². The van der Waals surface area contributed by atoms with Crippen LogP contribution in [0.1, 0.15) is 37.6 Å². The van der Waals surface area contributed by atoms with Gasteiger partial charge in [-0.3, -0.25) is 4.79 Å². The molecule has 1 N–H and O–H groups in total. The summed E-state index contributed by atoms with van der Waals surface area (Å²) in [7, 11) is 1.87. The van der Waals surface area contributed by atoms with Gasteiger partial charge in [-0.05, 0) is 31.8 Å². The summed E-state index contributed by atoms with van der Waals surface area (Å²) >= 11 is 0.